The summed E-state index contributed by atoms with van der Waals surface area (Å²) in [5.74, 6) is -0.559. The van der Waals surface area contributed by atoms with Gasteiger partial charge in [-0.25, -0.2) is 0 Å². The molecule has 1 aromatic heterocycles. The maximum Gasteiger partial charge on any atom is 0.193 e. The van der Waals surface area contributed by atoms with Crippen LogP contribution in [0.1, 0.15) is 23.8 Å². The predicted octanol–water partition coefficient (Wildman–Crippen LogP) is 0.231. The number of Topliss-reactive ketones (excluding diaryl/α,β-unsaturated/α-hetero) is 2. The Morgan fingerprint density at radius 2 is 2.36 bits per heavy atom. The second kappa shape index (κ2) is 3.05. The second-order valence-electron chi connectivity index (χ2n) is 2.09. The van der Waals surface area contributed by atoms with Crippen molar-refractivity contribution in [2.45, 2.75) is 13.3 Å². The van der Waals surface area contributed by atoms with E-state index in [9.17, 15) is 9.59 Å². The van der Waals surface area contributed by atoms with Crippen LogP contribution in [-0.4, -0.2) is 21.9 Å². The number of hydrogen-bond acceptors (Lipinski definition) is 5. The maximum absolute atomic E-state index is 10.9. The summed E-state index contributed by atoms with van der Waals surface area (Å²) in [7, 11) is 0. The SMILES string of the molecule is CC(=O)CC(=O)c1conn1. The summed E-state index contributed by atoms with van der Waals surface area (Å²) in [5, 5.41) is 6.44. The van der Waals surface area contributed by atoms with Crippen LogP contribution in [0.25, 0.3) is 0 Å². The highest BCUT2D eigenvalue weighted by Gasteiger charge is 2.11. The fraction of sp³-hybridized carbons (Fsp3) is 0.333. The largest absolute Gasteiger partial charge is 0.345 e. The van der Waals surface area contributed by atoms with Crippen molar-refractivity contribution >= 4 is 11.6 Å². The van der Waals surface area contributed by atoms with Gasteiger partial charge in [0.25, 0.3) is 0 Å². The highest BCUT2D eigenvalue weighted by atomic mass is 16.5. The molecule has 0 aliphatic rings. The van der Waals surface area contributed by atoms with Crippen LogP contribution in [-0.2, 0) is 4.79 Å². The fourth-order valence-corrected chi connectivity index (χ4v) is 0.603. The summed E-state index contributed by atoms with van der Waals surface area (Å²) in [4.78, 5) is 21.4. The Hall–Kier alpha value is -1.52. The summed E-state index contributed by atoms with van der Waals surface area (Å²) in [6, 6.07) is 0. The van der Waals surface area contributed by atoms with Gasteiger partial charge in [-0.05, 0) is 6.92 Å². The summed E-state index contributed by atoms with van der Waals surface area (Å²) >= 11 is 0. The van der Waals surface area contributed by atoms with E-state index in [0.717, 1.165) is 6.26 Å². The molecule has 0 aliphatic carbocycles. The molecule has 1 heterocycles. The maximum atomic E-state index is 10.9. The van der Waals surface area contributed by atoms with Gasteiger partial charge in [-0.15, -0.1) is 5.10 Å². The minimum atomic E-state index is -0.362. The van der Waals surface area contributed by atoms with Gasteiger partial charge in [0, 0.05) is 5.27 Å². The van der Waals surface area contributed by atoms with Crippen LogP contribution in [0.5, 0.6) is 0 Å². The first-order valence-corrected chi connectivity index (χ1v) is 3.00. The lowest BCUT2D eigenvalue weighted by Crippen LogP contribution is -2.04. The minimum Gasteiger partial charge on any atom is -0.345 e. The van der Waals surface area contributed by atoms with Crippen molar-refractivity contribution in [3.05, 3.63) is 12.0 Å². The Labute approximate surface area is 62.4 Å². The molecule has 0 unspecified atom stereocenters. The van der Waals surface area contributed by atoms with Gasteiger partial charge < -0.3 is 4.52 Å². The first-order valence-electron chi connectivity index (χ1n) is 3.00. The smallest absolute Gasteiger partial charge is 0.193 e. The molecule has 0 aromatic carbocycles. The molecule has 11 heavy (non-hydrogen) atoms. The topological polar surface area (TPSA) is 73.1 Å². The quantitative estimate of drug-likeness (QED) is 0.460. The van der Waals surface area contributed by atoms with Gasteiger partial charge in [0.2, 0.25) is 0 Å². The van der Waals surface area contributed by atoms with Crippen LogP contribution in [0, 0.1) is 0 Å². The third-order valence-electron chi connectivity index (χ3n) is 1.06. The van der Waals surface area contributed by atoms with E-state index < -0.39 is 0 Å². The van der Waals surface area contributed by atoms with Gasteiger partial charge in [-0.1, -0.05) is 0 Å². The molecule has 0 fully saturated rings. The van der Waals surface area contributed by atoms with Crippen molar-refractivity contribution in [1.29, 1.82) is 0 Å². The first-order chi connectivity index (χ1) is 5.20. The lowest BCUT2D eigenvalue weighted by atomic mass is 10.2. The minimum absolute atomic E-state index is 0.0974. The fourth-order valence-electron chi connectivity index (χ4n) is 0.603. The summed E-state index contributed by atoms with van der Waals surface area (Å²) in [6.45, 7) is 1.34. The molecule has 0 spiro atoms. The number of carbonyl (C=O) groups excluding carboxylic acids is 2. The van der Waals surface area contributed by atoms with Crippen LogP contribution >= 0.6 is 0 Å². The van der Waals surface area contributed by atoms with E-state index in [-0.39, 0.29) is 23.7 Å². The third-order valence-corrected chi connectivity index (χ3v) is 1.06. The Bertz CT molecular complexity index is 265. The molecule has 1 aromatic rings. The molecule has 0 atom stereocenters. The Morgan fingerprint density at radius 3 is 2.82 bits per heavy atom. The molecule has 0 saturated carbocycles. The highest BCUT2D eigenvalue weighted by Crippen LogP contribution is 1.97. The van der Waals surface area contributed by atoms with E-state index in [1.807, 2.05) is 0 Å². The Morgan fingerprint density at radius 1 is 1.64 bits per heavy atom. The summed E-state index contributed by atoms with van der Waals surface area (Å²) in [6.07, 6.45) is 0.972. The van der Waals surface area contributed by atoms with Crippen molar-refractivity contribution in [2.75, 3.05) is 0 Å². The predicted molar refractivity (Wildman–Crippen MR) is 33.9 cm³/mol. The molecule has 0 saturated heterocycles. The van der Waals surface area contributed by atoms with Crippen molar-refractivity contribution in [2.24, 2.45) is 0 Å². The summed E-state index contributed by atoms with van der Waals surface area (Å²) in [5.41, 5.74) is 0.0974. The van der Waals surface area contributed by atoms with Gasteiger partial charge in [-0.2, -0.15) is 0 Å². The van der Waals surface area contributed by atoms with Crippen LogP contribution in [0.4, 0.5) is 0 Å². The van der Waals surface area contributed by atoms with Gasteiger partial charge in [0.15, 0.2) is 17.7 Å². The van der Waals surface area contributed by atoms with E-state index in [0.29, 0.717) is 0 Å². The van der Waals surface area contributed by atoms with Crippen molar-refractivity contribution in [3.8, 4) is 0 Å². The van der Waals surface area contributed by atoms with Gasteiger partial charge in [0.05, 0.1) is 6.42 Å². The van der Waals surface area contributed by atoms with Gasteiger partial charge >= 0.3 is 0 Å². The van der Waals surface area contributed by atoms with E-state index in [1.54, 1.807) is 0 Å². The van der Waals surface area contributed by atoms with E-state index in [4.69, 9.17) is 0 Å². The molecule has 0 aliphatic heterocycles. The van der Waals surface area contributed by atoms with Gasteiger partial charge in [-0.3, -0.25) is 9.59 Å². The molecule has 0 amide bonds. The highest BCUT2D eigenvalue weighted by molar-refractivity contribution is 6.05. The molecule has 0 bridgehead atoms. The number of rotatable bonds is 3. The Kier molecular flexibility index (Phi) is 2.10. The number of nitrogens with zero attached hydrogens (tertiary/aromatic N) is 2. The monoisotopic (exact) mass is 154 g/mol. The molecule has 58 valence electrons. The standard InChI is InChI=1S/C6H6N2O3/c1-4(9)2-6(10)5-3-11-8-7-5/h3H,2H2,1H3. The molecule has 0 radical (unpaired) electrons. The lowest BCUT2D eigenvalue weighted by Gasteiger charge is -1.87. The third kappa shape index (κ3) is 1.96. The molecule has 5 heteroatoms. The number of hydrogen-bond donors (Lipinski definition) is 0. The van der Waals surface area contributed by atoms with Crippen LogP contribution in [0.2, 0.25) is 0 Å². The van der Waals surface area contributed by atoms with Crippen molar-refractivity contribution < 1.29 is 14.1 Å². The lowest BCUT2D eigenvalue weighted by molar-refractivity contribution is -0.116. The number of ketones is 2. The van der Waals surface area contributed by atoms with Crippen LogP contribution in [0.15, 0.2) is 10.8 Å². The zero-order chi connectivity index (χ0) is 8.27. The van der Waals surface area contributed by atoms with Crippen LogP contribution < -0.4 is 0 Å². The van der Waals surface area contributed by atoms with E-state index in [1.165, 1.54) is 6.92 Å². The number of carbonyl (C=O) groups is 2. The second-order valence-corrected chi connectivity index (χ2v) is 2.09. The van der Waals surface area contributed by atoms with Crippen LogP contribution in [0.3, 0.4) is 0 Å². The van der Waals surface area contributed by atoms with E-state index in [2.05, 4.69) is 14.9 Å². The van der Waals surface area contributed by atoms with Crippen molar-refractivity contribution in [3.63, 3.8) is 0 Å². The first kappa shape index (κ1) is 7.59. The average Bonchev–Trinajstić information content (AvgIpc) is 2.35. The van der Waals surface area contributed by atoms with Crippen molar-refractivity contribution in [1.82, 2.24) is 10.4 Å². The van der Waals surface area contributed by atoms with E-state index >= 15 is 0 Å². The summed E-state index contributed by atoms with van der Waals surface area (Å²) < 4.78 is 4.32. The normalized spacial score (nSPS) is 9.55. The number of aromatic nitrogens is 2. The zero-order valence-corrected chi connectivity index (χ0v) is 5.90. The average molecular weight is 154 g/mol. The Balaban J connectivity index is 2.64. The molecule has 0 N–H and O–H groups in total. The molecular formula is C6H6N2O3. The molecular weight excluding hydrogens is 148 g/mol. The zero-order valence-electron chi connectivity index (χ0n) is 5.90. The molecule has 5 nitrogen and oxygen atoms in total. The van der Waals surface area contributed by atoms with Gasteiger partial charge in [0.1, 0.15) is 5.78 Å². The molecule has 1 rings (SSSR count).